The average Bonchev–Trinajstić information content (AvgIpc) is 3.07. The number of thiazole rings is 1. The highest BCUT2D eigenvalue weighted by atomic mass is 32.2. The van der Waals surface area contributed by atoms with E-state index >= 15 is 0 Å². The van der Waals surface area contributed by atoms with E-state index in [9.17, 15) is 14.9 Å². The van der Waals surface area contributed by atoms with Gasteiger partial charge >= 0.3 is 0 Å². The van der Waals surface area contributed by atoms with Gasteiger partial charge in [-0.1, -0.05) is 23.1 Å². The minimum absolute atomic E-state index is 0.0165. The van der Waals surface area contributed by atoms with E-state index in [1.54, 1.807) is 0 Å². The Labute approximate surface area is 165 Å². The maximum Gasteiger partial charge on any atom is 0.270 e. The second-order valence-electron chi connectivity index (χ2n) is 5.26. The zero-order chi connectivity index (χ0) is 20.3. The van der Waals surface area contributed by atoms with Crippen LogP contribution in [-0.4, -0.2) is 26.6 Å². The van der Waals surface area contributed by atoms with Gasteiger partial charge in [-0.3, -0.25) is 14.9 Å². The van der Waals surface area contributed by atoms with Crippen LogP contribution in [-0.2, 0) is 4.79 Å². The lowest BCUT2D eigenvalue weighted by Gasteiger charge is -2.05. The van der Waals surface area contributed by atoms with Crippen LogP contribution in [0.1, 0.15) is 11.1 Å². The Bertz CT molecular complexity index is 1190. The molecule has 1 aromatic carbocycles. The molecule has 2 aromatic heterocycles. The summed E-state index contributed by atoms with van der Waals surface area (Å²) in [6, 6.07) is 9.32. The standard InChI is InChI=1S/C16H9N7O3S2/c17-5-8-3-9(6-18)15(22-14(8)19)27-7-13(24)21-16-20-11-2-1-10(23(25)26)4-12(11)28-16/h1-4H,7H2,(H2,19,22)(H,20,21,24). The van der Waals surface area contributed by atoms with Gasteiger partial charge in [-0.05, 0) is 12.1 Å². The van der Waals surface area contributed by atoms with Crippen molar-refractivity contribution in [2.75, 3.05) is 16.8 Å². The molecule has 2 heterocycles. The first-order valence-corrected chi connectivity index (χ1v) is 9.30. The van der Waals surface area contributed by atoms with E-state index < -0.39 is 10.8 Å². The summed E-state index contributed by atoms with van der Waals surface area (Å²) in [5.41, 5.74) is 6.37. The molecule has 3 rings (SSSR count). The highest BCUT2D eigenvalue weighted by Gasteiger charge is 2.15. The third-order valence-electron chi connectivity index (χ3n) is 3.43. The number of nitro groups is 1. The highest BCUT2D eigenvalue weighted by molar-refractivity contribution is 8.00. The van der Waals surface area contributed by atoms with Gasteiger partial charge in [0.25, 0.3) is 5.69 Å². The van der Waals surface area contributed by atoms with Crippen LogP contribution < -0.4 is 11.1 Å². The second kappa shape index (κ2) is 7.87. The third kappa shape index (κ3) is 3.98. The number of hydrogen-bond acceptors (Lipinski definition) is 10. The Hall–Kier alpha value is -3.74. The second-order valence-corrected chi connectivity index (χ2v) is 7.26. The predicted molar refractivity (Wildman–Crippen MR) is 104 cm³/mol. The smallest absolute Gasteiger partial charge is 0.270 e. The molecule has 3 N–H and O–H groups in total. The predicted octanol–water partition coefficient (Wildman–Crippen LogP) is 2.66. The van der Waals surface area contributed by atoms with E-state index in [0.29, 0.717) is 15.3 Å². The number of nitro benzene ring substituents is 1. The summed E-state index contributed by atoms with van der Waals surface area (Å²) in [5.74, 6) is -0.479. The summed E-state index contributed by atoms with van der Waals surface area (Å²) >= 11 is 2.11. The summed E-state index contributed by atoms with van der Waals surface area (Å²) in [6.45, 7) is 0. The number of hydrogen-bond donors (Lipinski definition) is 2. The van der Waals surface area contributed by atoms with Crippen molar-refractivity contribution in [1.29, 1.82) is 10.5 Å². The number of nitrogens with zero attached hydrogens (tertiary/aromatic N) is 5. The maximum absolute atomic E-state index is 12.2. The first-order chi connectivity index (χ1) is 13.4. The number of nitrogen functional groups attached to an aromatic ring is 1. The van der Waals surface area contributed by atoms with Gasteiger partial charge in [0.2, 0.25) is 5.91 Å². The molecule has 0 saturated heterocycles. The molecule has 0 aliphatic carbocycles. The number of carbonyl (C=O) groups excluding carboxylic acids is 1. The molecular formula is C16H9N7O3S2. The monoisotopic (exact) mass is 411 g/mol. The number of non-ortho nitro benzene ring substituents is 1. The van der Waals surface area contributed by atoms with Crippen molar-refractivity contribution < 1.29 is 9.72 Å². The van der Waals surface area contributed by atoms with Gasteiger partial charge < -0.3 is 11.1 Å². The fourth-order valence-corrected chi connectivity index (χ4v) is 3.84. The molecule has 28 heavy (non-hydrogen) atoms. The highest BCUT2D eigenvalue weighted by Crippen LogP contribution is 2.29. The fourth-order valence-electron chi connectivity index (χ4n) is 2.16. The van der Waals surface area contributed by atoms with Gasteiger partial charge in [0.1, 0.15) is 23.0 Å². The van der Waals surface area contributed by atoms with E-state index in [4.69, 9.17) is 16.3 Å². The van der Waals surface area contributed by atoms with Gasteiger partial charge in [0, 0.05) is 12.1 Å². The number of nitrogens with two attached hydrogens (primary N) is 1. The lowest BCUT2D eigenvalue weighted by molar-refractivity contribution is -0.384. The number of fused-ring (bicyclic) bond motifs is 1. The number of aromatic nitrogens is 2. The fraction of sp³-hybridized carbons (Fsp3) is 0.0625. The first-order valence-electron chi connectivity index (χ1n) is 7.49. The van der Waals surface area contributed by atoms with Gasteiger partial charge in [0.05, 0.1) is 32.0 Å². The number of anilines is 2. The molecule has 0 atom stereocenters. The Morgan fingerprint density at radius 2 is 2.04 bits per heavy atom. The van der Waals surface area contributed by atoms with E-state index in [1.807, 2.05) is 12.1 Å². The summed E-state index contributed by atoms with van der Waals surface area (Å²) < 4.78 is 0.574. The number of rotatable bonds is 5. The van der Waals surface area contributed by atoms with E-state index in [-0.39, 0.29) is 33.4 Å². The van der Waals surface area contributed by atoms with Crippen molar-refractivity contribution >= 4 is 55.9 Å². The van der Waals surface area contributed by atoms with Crippen LogP contribution >= 0.6 is 23.1 Å². The van der Waals surface area contributed by atoms with Gasteiger partial charge in [-0.25, -0.2) is 9.97 Å². The topological polar surface area (TPSA) is 172 Å². The minimum Gasteiger partial charge on any atom is -0.383 e. The third-order valence-corrected chi connectivity index (χ3v) is 5.35. The van der Waals surface area contributed by atoms with Crippen LogP contribution in [0.15, 0.2) is 29.3 Å². The van der Waals surface area contributed by atoms with E-state index in [0.717, 1.165) is 23.1 Å². The molecule has 10 nitrogen and oxygen atoms in total. The molecule has 12 heteroatoms. The lowest BCUT2D eigenvalue weighted by Crippen LogP contribution is -2.14. The molecule has 0 bridgehead atoms. The Balaban J connectivity index is 1.71. The van der Waals surface area contributed by atoms with Crippen molar-refractivity contribution in [3.63, 3.8) is 0 Å². The summed E-state index contributed by atoms with van der Waals surface area (Å²) in [4.78, 5) is 30.7. The summed E-state index contributed by atoms with van der Waals surface area (Å²) in [5, 5.41) is 32.1. The average molecular weight is 411 g/mol. The van der Waals surface area contributed by atoms with Crippen molar-refractivity contribution in [2.45, 2.75) is 5.03 Å². The maximum atomic E-state index is 12.2. The number of benzene rings is 1. The molecule has 0 spiro atoms. The Morgan fingerprint density at radius 3 is 2.71 bits per heavy atom. The summed E-state index contributed by atoms with van der Waals surface area (Å²) in [7, 11) is 0. The Morgan fingerprint density at radius 1 is 1.29 bits per heavy atom. The van der Waals surface area contributed by atoms with Crippen LogP contribution in [0, 0.1) is 32.8 Å². The van der Waals surface area contributed by atoms with Crippen molar-refractivity contribution in [3.8, 4) is 12.1 Å². The number of carbonyl (C=O) groups is 1. The van der Waals surface area contributed by atoms with Gasteiger partial charge in [-0.15, -0.1) is 0 Å². The molecule has 0 radical (unpaired) electrons. The minimum atomic E-state index is -0.503. The molecule has 0 saturated carbocycles. The van der Waals surface area contributed by atoms with Crippen molar-refractivity contribution in [2.24, 2.45) is 0 Å². The normalized spacial score (nSPS) is 10.2. The molecule has 138 valence electrons. The van der Waals surface area contributed by atoms with E-state index in [2.05, 4.69) is 15.3 Å². The molecule has 3 aromatic rings. The molecule has 1 amide bonds. The quantitative estimate of drug-likeness (QED) is 0.363. The van der Waals surface area contributed by atoms with Gasteiger partial charge in [0.15, 0.2) is 5.13 Å². The number of pyridine rings is 1. The van der Waals surface area contributed by atoms with Crippen molar-refractivity contribution in [1.82, 2.24) is 9.97 Å². The van der Waals surface area contributed by atoms with Gasteiger partial charge in [-0.2, -0.15) is 10.5 Å². The molecule has 0 aliphatic heterocycles. The zero-order valence-corrected chi connectivity index (χ0v) is 15.5. The number of thioether (sulfide) groups is 1. The molecular weight excluding hydrogens is 402 g/mol. The largest absolute Gasteiger partial charge is 0.383 e. The number of nitrogens with one attached hydrogen (secondary N) is 1. The number of amides is 1. The van der Waals surface area contributed by atoms with Crippen molar-refractivity contribution in [3.05, 3.63) is 45.5 Å². The van der Waals surface area contributed by atoms with Crippen LogP contribution in [0.3, 0.4) is 0 Å². The zero-order valence-electron chi connectivity index (χ0n) is 13.9. The van der Waals surface area contributed by atoms with Crippen LogP contribution in [0.25, 0.3) is 10.2 Å². The molecule has 0 unspecified atom stereocenters. The Kier molecular flexibility index (Phi) is 5.35. The van der Waals surface area contributed by atoms with Crippen LogP contribution in [0.4, 0.5) is 16.6 Å². The van der Waals surface area contributed by atoms with E-state index in [1.165, 1.54) is 24.3 Å². The molecule has 0 aliphatic rings. The summed E-state index contributed by atoms with van der Waals surface area (Å²) in [6.07, 6.45) is 0. The lowest BCUT2D eigenvalue weighted by atomic mass is 10.2. The first kappa shape index (κ1) is 19.0. The molecule has 0 fully saturated rings. The SMILES string of the molecule is N#Cc1cc(C#N)c(SCC(=O)Nc2nc3ccc([N+](=O)[O-])cc3s2)nc1N. The number of nitriles is 2. The van der Waals surface area contributed by atoms with Crippen LogP contribution in [0.2, 0.25) is 0 Å². The van der Waals surface area contributed by atoms with Crippen LogP contribution in [0.5, 0.6) is 0 Å².